The van der Waals surface area contributed by atoms with Crippen molar-refractivity contribution in [2.24, 2.45) is 0 Å². The first kappa shape index (κ1) is 14.9. The van der Waals surface area contributed by atoms with Gasteiger partial charge >= 0.3 is 0 Å². The summed E-state index contributed by atoms with van der Waals surface area (Å²) in [5, 5.41) is 3.33. The lowest BCUT2D eigenvalue weighted by Gasteiger charge is -2.18. The topological polar surface area (TPSA) is 21.3 Å². The molecule has 0 radical (unpaired) electrons. The van der Waals surface area contributed by atoms with Crippen molar-refractivity contribution in [3.63, 3.8) is 0 Å². The minimum absolute atomic E-state index is 0.0835. The summed E-state index contributed by atoms with van der Waals surface area (Å²) in [6.45, 7) is 3.99. The van der Waals surface area contributed by atoms with E-state index in [1.165, 1.54) is 6.07 Å². The van der Waals surface area contributed by atoms with E-state index >= 15 is 0 Å². The summed E-state index contributed by atoms with van der Waals surface area (Å²) in [5.74, 6) is 0.562. The normalized spacial score (nSPS) is 12.1. The van der Waals surface area contributed by atoms with E-state index in [1.54, 1.807) is 13.2 Å². The van der Waals surface area contributed by atoms with Gasteiger partial charge in [-0.3, -0.25) is 0 Å². The first-order chi connectivity index (χ1) is 9.51. The average molecular weight is 338 g/mol. The molecular weight excluding hydrogens is 321 g/mol. The number of ether oxygens (including phenoxy) is 1. The van der Waals surface area contributed by atoms with Crippen LogP contribution in [-0.2, 0) is 0 Å². The molecule has 0 bridgehead atoms. The SMILES string of the molecule is COc1ccc(C(C)Nc2cc(F)c(Br)cc2C)cc1. The van der Waals surface area contributed by atoms with Crippen molar-refractivity contribution in [2.45, 2.75) is 19.9 Å². The summed E-state index contributed by atoms with van der Waals surface area (Å²) in [6, 6.07) is 11.2. The molecule has 2 aromatic rings. The van der Waals surface area contributed by atoms with E-state index in [9.17, 15) is 4.39 Å². The van der Waals surface area contributed by atoms with Gasteiger partial charge in [-0.1, -0.05) is 12.1 Å². The zero-order valence-electron chi connectivity index (χ0n) is 11.7. The van der Waals surface area contributed by atoms with Gasteiger partial charge in [-0.15, -0.1) is 0 Å². The maximum atomic E-state index is 13.6. The predicted octanol–water partition coefficient (Wildman–Crippen LogP) is 5.08. The lowest BCUT2D eigenvalue weighted by atomic mass is 10.1. The van der Waals surface area contributed by atoms with Gasteiger partial charge in [-0.2, -0.15) is 0 Å². The monoisotopic (exact) mass is 337 g/mol. The van der Waals surface area contributed by atoms with E-state index in [1.807, 2.05) is 38.1 Å². The Hall–Kier alpha value is -1.55. The fourth-order valence-electron chi connectivity index (χ4n) is 2.01. The Morgan fingerprint density at radius 1 is 1.20 bits per heavy atom. The number of benzene rings is 2. The van der Waals surface area contributed by atoms with E-state index in [4.69, 9.17) is 4.74 Å². The van der Waals surface area contributed by atoms with Crippen molar-refractivity contribution in [3.05, 3.63) is 57.8 Å². The number of methoxy groups -OCH3 is 1. The highest BCUT2D eigenvalue weighted by molar-refractivity contribution is 9.10. The molecule has 0 aliphatic carbocycles. The molecule has 0 aliphatic heterocycles. The highest BCUT2D eigenvalue weighted by Crippen LogP contribution is 2.27. The Bertz CT molecular complexity index is 598. The Morgan fingerprint density at radius 2 is 1.85 bits per heavy atom. The van der Waals surface area contributed by atoms with Crippen molar-refractivity contribution < 1.29 is 9.13 Å². The van der Waals surface area contributed by atoms with Crippen LogP contribution in [0.4, 0.5) is 10.1 Å². The number of rotatable bonds is 4. The van der Waals surface area contributed by atoms with Crippen molar-refractivity contribution >= 4 is 21.6 Å². The van der Waals surface area contributed by atoms with Crippen molar-refractivity contribution in [1.29, 1.82) is 0 Å². The first-order valence-electron chi connectivity index (χ1n) is 6.37. The van der Waals surface area contributed by atoms with Crippen LogP contribution in [0.2, 0.25) is 0 Å². The zero-order valence-corrected chi connectivity index (χ0v) is 13.3. The van der Waals surface area contributed by atoms with Gasteiger partial charge in [0.25, 0.3) is 0 Å². The van der Waals surface area contributed by atoms with E-state index in [-0.39, 0.29) is 11.9 Å². The second kappa shape index (κ2) is 6.27. The summed E-state index contributed by atoms with van der Waals surface area (Å²) in [7, 11) is 1.64. The third-order valence-corrected chi connectivity index (χ3v) is 3.86. The van der Waals surface area contributed by atoms with Gasteiger partial charge in [0.2, 0.25) is 0 Å². The molecule has 1 atom stereocenters. The molecule has 106 valence electrons. The number of hydrogen-bond donors (Lipinski definition) is 1. The molecule has 0 spiro atoms. The van der Waals surface area contributed by atoms with Crippen LogP contribution in [0.1, 0.15) is 24.1 Å². The number of anilines is 1. The maximum absolute atomic E-state index is 13.6. The molecule has 1 N–H and O–H groups in total. The van der Waals surface area contributed by atoms with Crippen LogP contribution in [0.15, 0.2) is 40.9 Å². The summed E-state index contributed by atoms with van der Waals surface area (Å²) in [5.41, 5.74) is 2.92. The van der Waals surface area contributed by atoms with Gasteiger partial charge in [0.05, 0.1) is 11.6 Å². The van der Waals surface area contributed by atoms with Crippen LogP contribution in [0.5, 0.6) is 5.75 Å². The highest BCUT2D eigenvalue weighted by Gasteiger charge is 2.10. The largest absolute Gasteiger partial charge is 0.497 e. The smallest absolute Gasteiger partial charge is 0.139 e. The second-order valence-electron chi connectivity index (χ2n) is 4.72. The van der Waals surface area contributed by atoms with Gasteiger partial charge in [-0.25, -0.2) is 4.39 Å². The zero-order chi connectivity index (χ0) is 14.7. The fourth-order valence-corrected chi connectivity index (χ4v) is 2.47. The Labute approximate surface area is 127 Å². The minimum Gasteiger partial charge on any atom is -0.497 e. The predicted molar refractivity (Wildman–Crippen MR) is 83.9 cm³/mol. The van der Waals surface area contributed by atoms with Gasteiger partial charge < -0.3 is 10.1 Å². The van der Waals surface area contributed by atoms with E-state index in [0.717, 1.165) is 22.6 Å². The average Bonchev–Trinajstić information content (AvgIpc) is 2.44. The minimum atomic E-state index is -0.264. The third kappa shape index (κ3) is 3.31. The van der Waals surface area contributed by atoms with Crippen LogP contribution in [0.3, 0.4) is 0 Å². The molecule has 2 aromatic carbocycles. The molecule has 4 heteroatoms. The van der Waals surface area contributed by atoms with Crippen molar-refractivity contribution in [1.82, 2.24) is 0 Å². The molecule has 1 unspecified atom stereocenters. The molecule has 0 aliphatic rings. The highest BCUT2D eigenvalue weighted by atomic mass is 79.9. The first-order valence-corrected chi connectivity index (χ1v) is 7.16. The van der Waals surface area contributed by atoms with Crippen LogP contribution in [0.25, 0.3) is 0 Å². The summed E-state index contributed by atoms with van der Waals surface area (Å²) in [6.07, 6.45) is 0. The summed E-state index contributed by atoms with van der Waals surface area (Å²) < 4.78 is 19.2. The lowest BCUT2D eigenvalue weighted by Crippen LogP contribution is -2.08. The van der Waals surface area contributed by atoms with E-state index in [0.29, 0.717) is 4.47 Å². The fraction of sp³-hybridized carbons (Fsp3) is 0.250. The second-order valence-corrected chi connectivity index (χ2v) is 5.57. The van der Waals surface area contributed by atoms with Gasteiger partial charge in [-0.05, 0) is 65.2 Å². The molecule has 2 nitrogen and oxygen atoms in total. The Balaban J connectivity index is 2.18. The lowest BCUT2D eigenvalue weighted by molar-refractivity contribution is 0.414. The maximum Gasteiger partial charge on any atom is 0.139 e. The van der Waals surface area contributed by atoms with Crippen LogP contribution >= 0.6 is 15.9 Å². The molecule has 0 amide bonds. The van der Waals surface area contributed by atoms with Crippen molar-refractivity contribution in [3.8, 4) is 5.75 Å². The molecule has 2 rings (SSSR count). The molecule has 0 saturated heterocycles. The van der Waals surface area contributed by atoms with Crippen LogP contribution in [-0.4, -0.2) is 7.11 Å². The molecule has 0 fully saturated rings. The number of nitrogens with one attached hydrogen (secondary N) is 1. The molecular formula is C16H17BrFNO. The molecule has 0 heterocycles. The van der Waals surface area contributed by atoms with E-state index < -0.39 is 0 Å². The molecule has 0 saturated carbocycles. The quantitative estimate of drug-likeness (QED) is 0.840. The van der Waals surface area contributed by atoms with Crippen LogP contribution < -0.4 is 10.1 Å². The molecule has 20 heavy (non-hydrogen) atoms. The van der Waals surface area contributed by atoms with Crippen molar-refractivity contribution in [2.75, 3.05) is 12.4 Å². The van der Waals surface area contributed by atoms with Crippen LogP contribution in [0, 0.1) is 12.7 Å². The van der Waals surface area contributed by atoms with Gasteiger partial charge in [0, 0.05) is 11.7 Å². The summed E-state index contributed by atoms with van der Waals surface area (Å²) >= 11 is 3.19. The van der Waals surface area contributed by atoms with E-state index in [2.05, 4.69) is 21.2 Å². The standard InChI is InChI=1S/C16H17BrFNO/c1-10-8-14(17)15(18)9-16(10)19-11(2)12-4-6-13(20-3)7-5-12/h4-9,11,19H,1-3H3. The van der Waals surface area contributed by atoms with Gasteiger partial charge in [0.1, 0.15) is 11.6 Å². The molecule has 0 aromatic heterocycles. The number of hydrogen-bond acceptors (Lipinski definition) is 2. The Morgan fingerprint density at radius 3 is 2.45 bits per heavy atom. The van der Waals surface area contributed by atoms with Gasteiger partial charge in [0.15, 0.2) is 0 Å². The number of aryl methyl sites for hydroxylation is 1. The number of halogens is 2. The third-order valence-electron chi connectivity index (χ3n) is 3.26. The summed E-state index contributed by atoms with van der Waals surface area (Å²) in [4.78, 5) is 0. The Kier molecular flexibility index (Phi) is 4.65.